The molecule has 6 nitrogen and oxygen atoms in total. The summed E-state index contributed by atoms with van der Waals surface area (Å²) in [6, 6.07) is 39.0. The number of hydrogen-bond acceptors (Lipinski definition) is 5. The predicted octanol–water partition coefficient (Wildman–Crippen LogP) is 8.79. The molecule has 0 aliphatic heterocycles. The Morgan fingerprint density at radius 3 is 1.79 bits per heavy atom. The first-order chi connectivity index (χ1) is 23.1. The van der Waals surface area contributed by atoms with Crippen LogP contribution in [-0.2, 0) is 35.7 Å². The molecular formula is C41H44N2O4. The Kier molecular flexibility index (Phi) is 10.8. The van der Waals surface area contributed by atoms with Crippen LogP contribution >= 0.6 is 0 Å². The smallest absolute Gasteiger partial charge is 0.237 e. The van der Waals surface area contributed by atoms with E-state index in [4.69, 9.17) is 18.9 Å². The van der Waals surface area contributed by atoms with Gasteiger partial charge in [0.2, 0.25) is 5.88 Å². The minimum atomic E-state index is -0.374. The summed E-state index contributed by atoms with van der Waals surface area (Å²) < 4.78 is 26.2. The van der Waals surface area contributed by atoms with Crippen molar-refractivity contribution in [1.82, 2.24) is 10.2 Å². The standard InChI is InChI=1S/C41H44N2O4/c1-4-35-25-38(40(46-28-34-18-12-7-13-19-34)39(29(35)2)45-27-33-16-10-6-11-17-33)47-41-37(30(3)42-43-41)24-31-20-22-36(23-21-31)44-26-32-14-8-5-9-15-32/h5-23,25,29,38-40H,4,24,26-28H2,1-3H3,(H,42,43)/t29-,38-,39+,40+/m1/s1. The SMILES string of the molecule is CCC1=C[C@@H](Oc2n[nH]c(C)c2Cc2ccc(OCc3ccccc3)cc2)[C@H](OCc2ccccc2)[C@@H](OCc2ccccc2)[C@@H]1C. The third-order valence-electron chi connectivity index (χ3n) is 8.92. The molecule has 47 heavy (non-hydrogen) atoms. The van der Waals surface area contributed by atoms with Gasteiger partial charge in [0.25, 0.3) is 0 Å². The van der Waals surface area contributed by atoms with Crippen LogP contribution in [0.2, 0.25) is 0 Å². The molecule has 0 saturated heterocycles. The summed E-state index contributed by atoms with van der Waals surface area (Å²) in [5, 5.41) is 7.80. The lowest BCUT2D eigenvalue weighted by Crippen LogP contribution is -2.50. The van der Waals surface area contributed by atoms with Gasteiger partial charge in [-0.3, -0.25) is 5.10 Å². The largest absolute Gasteiger partial charge is 0.489 e. The molecule has 0 unspecified atom stereocenters. The number of nitrogens with one attached hydrogen (secondary N) is 1. The van der Waals surface area contributed by atoms with Gasteiger partial charge < -0.3 is 18.9 Å². The van der Waals surface area contributed by atoms with Crippen LogP contribution in [0.3, 0.4) is 0 Å². The van der Waals surface area contributed by atoms with E-state index in [0.29, 0.717) is 32.1 Å². The van der Waals surface area contributed by atoms with E-state index < -0.39 is 0 Å². The fraction of sp³-hybridized carbons (Fsp3) is 0.293. The maximum Gasteiger partial charge on any atom is 0.237 e. The summed E-state index contributed by atoms with van der Waals surface area (Å²) in [7, 11) is 0. The van der Waals surface area contributed by atoms with Crippen molar-refractivity contribution in [3.8, 4) is 11.6 Å². The van der Waals surface area contributed by atoms with Crippen molar-refractivity contribution in [2.24, 2.45) is 5.92 Å². The lowest BCUT2D eigenvalue weighted by atomic mass is 9.81. The lowest BCUT2D eigenvalue weighted by Gasteiger charge is -2.40. The Hall–Kier alpha value is -4.65. The Labute approximate surface area is 278 Å². The Balaban J connectivity index is 1.21. The molecule has 1 heterocycles. The van der Waals surface area contributed by atoms with Crippen LogP contribution < -0.4 is 9.47 Å². The first-order valence-corrected chi connectivity index (χ1v) is 16.5. The topological polar surface area (TPSA) is 65.6 Å². The van der Waals surface area contributed by atoms with E-state index in [2.05, 4.69) is 78.7 Å². The van der Waals surface area contributed by atoms with Crippen LogP contribution in [0.1, 0.15) is 53.8 Å². The molecule has 6 heteroatoms. The summed E-state index contributed by atoms with van der Waals surface area (Å²) >= 11 is 0. The zero-order valence-corrected chi connectivity index (χ0v) is 27.5. The van der Waals surface area contributed by atoms with Crippen molar-refractivity contribution in [3.05, 3.63) is 160 Å². The number of hydrogen-bond donors (Lipinski definition) is 1. The van der Waals surface area contributed by atoms with Gasteiger partial charge in [0, 0.05) is 23.6 Å². The van der Waals surface area contributed by atoms with Crippen molar-refractivity contribution in [3.63, 3.8) is 0 Å². The van der Waals surface area contributed by atoms with E-state index in [0.717, 1.165) is 45.7 Å². The van der Waals surface area contributed by atoms with Crippen molar-refractivity contribution in [2.45, 2.75) is 71.7 Å². The Morgan fingerprint density at radius 1 is 0.660 bits per heavy atom. The van der Waals surface area contributed by atoms with Crippen molar-refractivity contribution in [1.29, 1.82) is 0 Å². The molecule has 0 spiro atoms. The van der Waals surface area contributed by atoms with E-state index in [9.17, 15) is 0 Å². The predicted molar refractivity (Wildman–Crippen MR) is 185 cm³/mol. The van der Waals surface area contributed by atoms with E-state index in [1.54, 1.807) is 0 Å². The molecule has 1 aliphatic rings. The minimum absolute atomic E-state index is 0.173. The molecule has 0 radical (unpaired) electrons. The third kappa shape index (κ3) is 8.39. The number of aromatic nitrogens is 2. The second-order valence-electron chi connectivity index (χ2n) is 12.2. The number of nitrogens with zero attached hydrogens (tertiary/aromatic N) is 1. The van der Waals surface area contributed by atoms with Crippen LogP contribution in [0, 0.1) is 12.8 Å². The average Bonchev–Trinajstić information content (AvgIpc) is 3.46. The van der Waals surface area contributed by atoms with Gasteiger partial charge in [-0.15, -0.1) is 5.10 Å². The van der Waals surface area contributed by atoms with Crippen LogP contribution in [0.5, 0.6) is 11.6 Å². The number of aryl methyl sites for hydroxylation is 1. The molecule has 0 saturated carbocycles. The highest BCUT2D eigenvalue weighted by atomic mass is 16.6. The zero-order chi connectivity index (χ0) is 32.4. The summed E-state index contributed by atoms with van der Waals surface area (Å²) in [5.41, 5.74) is 7.83. The molecule has 4 atom stereocenters. The number of ether oxygens (including phenoxy) is 4. The summed E-state index contributed by atoms with van der Waals surface area (Å²) in [5.74, 6) is 1.60. The van der Waals surface area contributed by atoms with Gasteiger partial charge in [0.15, 0.2) is 0 Å². The maximum atomic E-state index is 6.81. The molecule has 0 amide bonds. The highest BCUT2D eigenvalue weighted by Crippen LogP contribution is 2.35. The maximum absolute atomic E-state index is 6.81. The zero-order valence-electron chi connectivity index (χ0n) is 27.5. The summed E-state index contributed by atoms with van der Waals surface area (Å²) in [4.78, 5) is 0. The molecule has 1 N–H and O–H groups in total. The van der Waals surface area contributed by atoms with Crippen molar-refractivity contribution >= 4 is 0 Å². The van der Waals surface area contributed by atoms with Crippen LogP contribution in [0.25, 0.3) is 0 Å². The molecule has 0 fully saturated rings. The average molecular weight is 629 g/mol. The molecule has 5 aromatic rings. The quantitative estimate of drug-likeness (QED) is 0.125. The fourth-order valence-corrected chi connectivity index (χ4v) is 6.16. The first kappa shape index (κ1) is 32.3. The Bertz CT molecular complexity index is 1700. The minimum Gasteiger partial charge on any atom is -0.489 e. The fourth-order valence-electron chi connectivity index (χ4n) is 6.16. The van der Waals surface area contributed by atoms with Crippen LogP contribution in [0.15, 0.2) is 127 Å². The van der Waals surface area contributed by atoms with Gasteiger partial charge in [0.05, 0.1) is 19.3 Å². The third-order valence-corrected chi connectivity index (χ3v) is 8.92. The molecular weight excluding hydrogens is 584 g/mol. The molecule has 242 valence electrons. The highest BCUT2D eigenvalue weighted by Gasteiger charge is 2.41. The summed E-state index contributed by atoms with van der Waals surface area (Å²) in [6.45, 7) is 7.97. The molecule has 1 aromatic heterocycles. The van der Waals surface area contributed by atoms with Crippen molar-refractivity contribution in [2.75, 3.05) is 0 Å². The molecule has 4 aromatic carbocycles. The summed E-state index contributed by atoms with van der Waals surface area (Å²) in [6.07, 6.45) is 2.90. The molecule has 0 bridgehead atoms. The van der Waals surface area contributed by atoms with Crippen LogP contribution in [-0.4, -0.2) is 28.5 Å². The number of rotatable bonds is 14. The van der Waals surface area contributed by atoms with Crippen molar-refractivity contribution < 1.29 is 18.9 Å². The number of benzene rings is 4. The number of H-pyrrole nitrogens is 1. The van der Waals surface area contributed by atoms with E-state index in [-0.39, 0.29) is 24.2 Å². The van der Waals surface area contributed by atoms with E-state index in [1.807, 2.05) is 73.7 Å². The second-order valence-corrected chi connectivity index (χ2v) is 12.2. The van der Waals surface area contributed by atoms with Crippen LogP contribution in [0.4, 0.5) is 0 Å². The highest BCUT2D eigenvalue weighted by molar-refractivity contribution is 5.38. The molecule has 6 rings (SSSR count). The van der Waals surface area contributed by atoms with Gasteiger partial charge in [0.1, 0.15) is 24.6 Å². The van der Waals surface area contributed by atoms with Gasteiger partial charge >= 0.3 is 0 Å². The van der Waals surface area contributed by atoms with Gasteiger partial charge in [-0.2, -0.15) is 0 Å². The Morgan fingerprint density at radius 2 is 1.21 bits per heavy atom. The van der Waals surface area contributed by atoms with Gasteiger partial charge in [-0.1, -0.05) is 123 Å². The second kappa shape index (κ2) is 15.8. The number of aromatic amines is 1. The van der Waals surface area contributed by atoms with E-state index in [1.165, 1.54) is 5.57 Å². The monoisotopic (exact) mass is 628 g/mol. The first-order valence-electron chi connectivity index (χ1n) is 16.5. The molecule has 1 aliphatic carbocycles. The normalized spacial score (nSPS) is 19.3. The van der Waals surface area contributed by atoms with Gasteiger partial charge in [-0.25, -0.2) is 0 Å². The lowest BCUT2D eigenvalue weighted by molar-refractivity contribution is -0.136. The van der Waals surface area contributed by atoms with Gasteiger partial charge in [-0.05, 0) is 53.8 Å². The van der Waals surface area contributed by atoms with E-state index >= 15 is 0 Å².